The largest absolute Gasteiger partial charge is 0.426 e. The second kappa shape index (κ2) is 6.52. The molecule has 1 heterocycles. The lowest BCUT2D eigenvalue weighted by Gasteiger charge is -2.02. The fourth-order valence-electron chi connectivity index (χ4n) is 1.56. The van der Waals surface area contributed by atoms with Crippen molar-refractivity contribution in [2.24, 2.45) is 0 Å². The Morgan fingerprint density at radius 2 is 1.95 bits per heavy atom. The molecule has 0 saturated carbocycles. The molecule has 0 radical (unpaired) electrons. The van der Waals surface area contributed by atoms with E-state index in [-0.39, 0.29) is 12.2 Å². The molecule has 4 nitrogen and oxygen atoms in total. The molecule has 2 rings (SSSR count). The van der Waals surface area contributed by atoms with Gasteiger partial charge in [0.25, 0.3) is 0 Å². The topological polar surface area (TPSA) is 56.5 Å². The van der Waals surface area contributed by atoms with Gasteiger partial charge in [-0.05, 0) is 11.6 Å². The van der Waals surface area contributed by atoms with Crippen LogP contribution in [0.4, 0.5) is 0 Å². The van der Waals surface area contributed by atoms with Gasteiger partial charge in [0.2, 0.25) is 0 Å². The molecule has 0 atom stereocenters. The van der Waals surface area contributed by atoms with Crippen molar-refractivity contribution < 1.29 is 13.9 Å². The number of hydrogen-bond acceptors (Lipinski definition) is 4. The zero-order valence-corrected chi connectivity index (χ0v) is 11.0. The summed E-state index contributed by atoms with van der Waals surface area (Å²) in [6.45, 7) is 1.68. The van der Waals surface area contributed by atoms with Gasteiger partial charge in [-0.2, -0.15) is 0 Å². The highest BCUT2D eigenvalue weighted by Crippen LogP contribution is 2.14. The van der Waals surface area contributed by atoms with Crippen LogP contribution in [0.1, 0.15) is 24.7 Å². The van der Waals surface area contributed by atoms with Crippen LogP contribution >= 0.6 is 0 Å². The molecule has 20 heavy (non-hydrogen) atoms. The van der Waals surface area contributed by atoms with Crippen LogP contribution in [0, 0.1) is 0 Å². The molecule has 0 unspecified atom stereocenters. The molecular formula is C16H14O4. The summed E-state index contributed by atoms with van der Waals surface area (Å²) < 4.78 is 10.0. The Kier molecular flexibility index (Phi) is 4.50. The van der Waals surface area contributed by atoms with Crippen molar-refractivity contribution >= 4 is 18.1 Å². The highest BCUT2D eigenvalue weighted by atomic mass is 16.5. The molecule has 0 fully saturated rings. The van der Waals surface area contributed by atoms with Gasteiger partial charge in [0, 0.05) is 12.5 Å². The van der Waals surface area contributed by atoms with Crippen molar-refractivity contribution in [1.29, 1.82) is 0 Å². The highest BCUT2D eigenvalue weighted by Gasteiger charge is 2.05. The van der Waals surface area contributed by atoms with E-state index in [9.17, 15) is 9.59 Å². The van der Waals surface area contributed by atoms with Crippen LogP contribution < -0.4 is 10.4 Å². The van der Waals surface area contributed by atoms with Crippen molar-refractivity contribution in [3.8, 4) is 5.75 Å². The molecule has 1 aromatic heterocycles. The van der Waals surface area contributed by atoms with Gasteiger partial charge in [-0.15, -0.1) is 0 Å². The van der Waals surface area contributed by atoms with Crippen molar-refractivity contribution in [3.05, 3.63) is 64.2 Å². The van der Waals surface area contributed by atoms with Gasteiger partial charge in [0.05, 0.1) is 6.07 Å². The minimum absolute atomic E-state index is 0.195. The zero-order chi connectivity index (χ0) is 14.4. The van der Waals surface area contributed by atoms with Gasteiger partial charge in [0.15, 0.2) is 0 Å². The van der Waals surface area contributed by atoms with Gasteiger partial charge >= 0.3 is 11.6 Å². The molecule has 0 aliphatic rings. The van der Waals surface area contributed by atoms with Crippen molar-refractivity contribution in [1.82, 2.24) is 0 Å². The number of carbonyl (C=O) groups excluding carboxylic acids is 1. The Bertz CT molecular complexity index is 668. The van der Waals surface area contributed by atoms with Crippen LogP contribution in [0.25, 0.3) is 12.2 Å². The predicted molar refractivity (Wildman–Crippen MR) is 76.3 cm³/mol. The number of ether oxygens (including phenoxy) is 1. The molecular weight excluding hydrogens is 256 g/mol. The Morgan fingerprint density at radius 1 is 1.20 bits per heavy atom. The summed E-state index contributed by atoms with van der Waals surface area (Å²) in [5.41, 5.74) is 0.421. The lowest BCUT2D eigenvalue weighted by atomic mass is 10.2. The van der Waals surface area contributed by atoms with Crippen LogP contribution in [0.2, 0.25) is 0 Å². The standard InChI is InChI=1S/C16H14O4/c1-2-15(17)20-14-10-13(19-16(18)11-14)9-8-12-6-4-3-5-7-12/h3-11H,2H2,1H3/b9-8+. The van der Waals surface area contributed by atoms with E-state index >= 15 is 0 Å². The molecule has 102 valence electrons. The number of hydrogen-bond donors (Lipinski definition) is 0. The van der Waals surface area contributed by atoms with E-state index < -0.39 is 11.6 Å². The normalized spacial score (nSPS) is 10.7. The SMILES string of the molecule is CCC(=O)Oc1cc(/C=C/c2ccccc2)oc(=O)c1. The summed E-state index contributed by atoms with van der Waals surface area (Å²) in [6.07, 6.45) is 3.71. The molecule has 2 aromatic rings. The highest BCUT2D eigenvalue weighted by molar-refractivity contribution is 5.72. The third kappa shape index (κ3) is 3.95. The molecule has 0 bridgehead atoms. The maximum atomic E-state index is 11.4. The summed E-state index contributed by atoms with van der Waals surface area (Å²) in [4.78, 5) is 22.6. The number of benzene rings is 1. The fraction of sp³-hybridized carbons (Fsp3) is 0.125. The molecule has 4 heteroatoms. The van der Waals surface area contributed by atoms with Gasteiger partial charge < -0.3 is 9.15 Å². The van der Waals surface area contributed by atoms with E-state index in [4.69, 9.17) is 9.15 Å². The van der Waals surface area contributed by atoms with E-state index in [0.717, 1.165) is 11.6 Å². The van der Waals surface area contributed by atoms with Crippen LogP contribution in [-0.4, -0.2) is 5.97 Å². The second-order valence-corrected chi connectivity index (χ2v) is 4.09. The average Bonchev–Trinajstić information content (AvgIpc) is 2.45. The van der Waals surface area contributed by atoms with Gasteiger partial charge in [-0.1, -0.05) is 43.3 Å². The summed E-state index contributed by atoms with van der Waals surface area (Å²) in [7, 11) is 0. The summed E-state index contributed by atoms with van der Waals surface area (Å²) in [6, 6.07) is 12.2. The average molecular weight is 270 g/mol. The Hall–Kier alpha value is -2.62. The van der Waals surface area contributed by atoms with Crippen molar-refractivity contribution in [2.45, 2.75) is 13.3 Å². The maximum Gasteiger partial charge on any atom is 0.339 e. The lowest BCUT2D eigenvalue weighted by molar-refractivity contribution is -0.134. The smallest absolute Gasteiger partial charge is 0.339 e. The predicted octanol–water partition coefficient (Wildman–Crippen LogP) is 3.13. The van der Waals surface area contributed by atoms with Crippen molar-refractivity contribution in [2.75, 3.05) is 0 Å². The molecule has 0 spiro atoms. The third-order valence-corrected chi connectivity index (χ3v) is 2.52. The number of rotatable bonds is 4. The Balaban J connectivity index is 2.22. The fourth-order valence-corrected chi connectivity index (χ4v) is 1.56. The Labute approximate surface area is 116 Å². The molecule has 0 N–H and O–H groups in total. The first kappa shape index (κ1) is 13.8. The van der Waals surface area contributed by atoms with Gasteiger partial charge in [0.1, 0.15) is 11.5 Å². The maximum absolute atomic E-state index is 11.4. The molecule has 0 saturated heterocycles. The van der Waals surface area contributed by atoms with E-state index in [1.807, 2.05) is 36.4 Å². The van der Waals surface area contributed by atoms with E-state index in [1.165, 1.54) is 6.07 Å². The first-order chi connectivity index (χ1) is 9.67. The second-order valence-electron chi connectivity index (χ2n) is 4.09. The summed E-state index contributed by atoms with van der Waals surface area (Å²) in [5, 5.41) is 0. The zero-order valence-electron chi connectivity index (χ0n) is 11.0. The first-order valence-electron chi connectivity index (χ1n) is 6.26. The lowest BCUT2D eigenvalue weighted by Crippen LogP contribution is -2.08. The number of esters is 1. The van der Waals surface area contributed by atoms with Gasteiger partial charge in [-0.3, -0.25) is 4.79 Å². The minimum Gasteiger partial charge on any atom is -0.426 e. The van der Waals surface area contributed by atoms with E-state index in [1.54, 1.807) is 13.0 Å². The van der Waals surface area contributed by atoms with Crippen LogP contribution in [-0.2, 0) is 4.79 Å². The minimum atomic E-state index is -0.556. The van der Waals surface area contributed by atoms with Crippen LogP contribution in [0.5, 0.6) is 5.75 Å². The molecule has 0 aliphatic carbocycles. The van der Waals surface area contributed by atoms with Gasteiger partial charge in [-0.25, -0.2) is 4.79 Å². The number of carbonyl (C=O) groups is 1. The molecule has 1 aromatic carbocycles. The van der Waals surface area contributed by atoms with E-state index in [0.29, 0.717) is 5.76 Å². The third-order valence-electron chi connectivity index (χ3n) is 2.52. The molecule has 0 amide bonds. The molecule has 0 aliphatic heterocycles. The van der Waals surface area contributed by atoms with Crippen LogP contribution in [0.3, 0.4) is 0 Å². The van der Waals surface area contributed by atoms with Crippen molar-refractivity contribution in [3.63, 3.8) is 0 Å². The monoisotopic (exact) mass is 270 g/mol. The van der Waals surface area contributed by atoms with Crippen LogP contribution in [0.15, 0.2) is 51.7 Å². The first-order valence-corrected chi connectivity index (χ1v) is 6.26. The summed E-state index contributed by atoms with van der Waals surface area (Å²) >= 11 is 0. The quantitative estimate of drug-likeness (QED) is 0.801. The Morgan fingerprint density at radius 3 is 2.65 bits per heavy atom. The van der Waals surface area contributed by atoms with E-state index in [2.05, 4.69) is 0 Å². The summed E-state index contributed by atoms with van der Waals surface area (Å²) in [5.74, 6) is 0.134.